The number of halogens is 2. The van der Waals surface area contributed by atoms with Gasteiger partial charge in [-0.15, -0.1) is 0 Å². The van der Waals surface area contributed by atoms with E-state index in [1.807, 2.05) is 0 Å². The molecule has 1 aliphatic rings. The second-order valence-corrected chi connectivity index (χ2v) is 5.61. The van der Waals surface area contributed by atoms with Gasteiger partial charge in [-0.1, -0.05) is 30.3 Å². The summed E-state index contributed by atoms with van der Waals surface area (Å²) in [6.45, 7) is 0.418. The van der Waals surface area contributed by atoms with Crippen LogP contribution in [0.1, 0.15) is 12.0 Å². The fraction of sp³-hybridized carbons (Fsp3) is 0.278. The Hall–Kier alpha value is -2.83. The Morgan fingerprint density at radius 3 is 2.56 bits per heavy atom. The van der Waals surface area contributed by atoms with Gasteiger partial charge < -0.3 is 20.5 Å². The van der Waals surface area contributed by atoms with E-state index in [4.69, 9.17) is 15.2 Å². The van der Waals surface area contributed by atoms with Crippen molar-refractivity contribution in [2.24, 2.45) is 10.7 Å². The highest BCUT2D eigenvalue weighted by molar-refractivity contribution is 5.92. The molecule has 0 saturated carbocycles. The summed E-state index contributed by atoms with van der Waals surface area (Å²) in [5.74, 6) is -1.94. The molecule has 132 valence electrons. The molecule has 2 aromatic carbocycles. The third-order valence-electron chi connectivity index (χ3n) is 3.66. The maximum absolute atomic E-state index is 14.1. The number of hydrogen-bond acceptors (Lipinski definition) is 3. The number of fused-ring (bicyclic) bond motifs is 1. The van der Waals surface area contributed by atoms with Crippen LogP contribution in [-0.2, 0) is 5.92 Å². The SMILES string of the molecule is NC(=NCC(F)(F)c1ccccc1)Nc1ccc2c(c1)OCCCO2. The van der Waals surface area contributed by atoms with Gasteiger partial charge >= 0.3 is 0 Å². The van der Waals surface area contributed by atoms with Gasteiger partial charge in [-0.3, -0.25) is 0 Å². The first-order chi connectivity index (χ1) is 12.0. The van der Waals surface area contributed by atoms with Crippen molar-refractivity contribution in [3.05, 3.63) is 54.1 Å². The van der Waals surface area contributed by atoms with Gasteiger partial charge in [0, 0.05) is 23.7 Å². The smallest absolute Gasteiger partial charge is 0.292 e. The second kappa shape index (κ2) is 7.38. The van der Waals surface area contributed by atoms with E-state index in [1.54, 1.807) is 36.4 Å². The molecule has 3 rings (SSSR count). The fourth-order valence-corrected chi connectivity index (χ4v) is 2.39. The molecule has 7 heteroatoms. The minimum atomic E-state index is -3.09. The number of guanidine groups is 1. The molecule has 0 fully saturated rings. The summed E-state index contributed by atoms with van der Waals surface area (Å²) in [5.41, 5.74) is 6.23. The molecule has 0 saturated heterocycles. The summed E-state index contributed by atoms with van der Waals surface area (Å²) in [6, 6.07) is 12.7. The van der Waals surface area contributed by atoms with E-state index < -0.39 is 12.5 Å². The second-order valence-electron chi connectivity index (χ2n) is 5.61. The molecule has 5 nitrogen and oxygen atoms in total. The zero-order valence-electron chi connectivity index (χ0n) is 13.5. The maximum Gasteiger partial charge on any atom is 0.292 e. The molecule has 0 aliphatic carbocycles. The molecule has 0 unspecified atom stereocenters. The van der Waals surface area contributed by atoms with E-state index in [1.165, 1.54) is 12.1 Å². The van der Waals surface area contributed by atoms with Crippen LogP contribution in [0.4, 0.5) is 14.5 Å². The summed E-state index contributed by atoms with van der Waals surface area (Å²) >= 11 is 0. The minimum absolute atomic E-state index is 0.0925. The van der Waals surface area contributed by atoms with Crippen molar-refractivity contribution in [3.63, 3.8) is 0 Å². The average Bonchev–Trinajstić information content (AvgIpc) is 2.86. The number of rotatable bonds is 4. The third kappa shape index (κ3) is 4.37. The Balaban J connectivity index is 1.66. The molecule has 2 aromatic rings. The van der Waals surface area contributed by atoms with Crippen LogP contribution in [0, 0.1) is 0 Å². The first-order valence-electron chi connectivity index (χ1n) is 7.94. The number of nitrogens with two attached hydrogens (primary N) is 1. The third-order valence-corrected chi connectivity index (χ3v) is 3.66. The lowest BCUT2D eigenvalue weighted by atomic mass is 10.1. The molecule has 0 aromatic heterocycles. The van der Waals surface area contributed by atoms with Gasteiger partial charge in [0.05, 0.1) is 13.2 Å². The normalized spacial score (nSPS) is 14.7. The minimum Gasteiger partial charge on any atom is -0.490 e. The Morgan fingerprint density at radius 2 is 1.80 bits per heavy atom. The highest BCUT2D eigenvalue weighted by Gasteiger charge is 2.30. The lowest BCUT2D eigenvalue weighted by Gasteiger charge is -2.15. The lowest BCUT2D eigenvalue weighted by Crippen LogP contribution is -2.26. The number of alkyl halides is 2. The molecule has 25 heavy (non-hydrogen) atoms. The van der Waals surface area contributed by atoms with Crippen LogP contribution in [0.5, 0.6) is 11.5 Å². The molecule has 0 amide bonds. The Morgan fingerprint density at radius 1 is 1.08 bits per heavy atom. The Labute approximate surface area is 144 Å². The van der Waals surface area contributed by atoms with E-state index in [2.05, 4.69) is 10.3 Å². The van der Waals surface area contributed by atoms with Crippen LogP contribution in [0.15, 0.2) is 53.5 Å². The first-order valence-corrected chi connectivity index (χ1v) is 7.94. The standard InChI is InChI=1S/C18H19F2N3O2/c19-18(20,13-5-2-1-3-6-13)12-22-17(21)23-14-7-8-15-16(11-14)25-10-4-9-24-15/h1-3,5-8,11H,4,9-10,12H2,(H3,21,22,23). The number of nitrogens with one attached hydrogen (secondary N) is 1. The van der Waals surface area contributed by atoms with Crippen molar-refractivity contribution >= 4 is 11.6 Å². The van der Waals surface area contributed by atoms with Gasteiger partial charge in [-0.25, -0.2) is 4.99 Å². The molecule has 0 radical (unpaired) electrons. The predicted octanol–water partition coefficient (Wildman–Crippen LogP) is 3.37. The quantitative estimate of drug-likeness (QED) is 0.657. The van der Waals surface area contributed by atoms with Crippen LogP contribution < -0.4 is 20.5 Å². The lowest BCUT2D eigenvalue weighted by molar-refractivity contribution is 0.00653. The number of nitrogens with zero attached hydrogens (tertiary/aromatic N) is 1. The van der Waals surface area contributed by atoms with Crippen molar-refractivity contribution in [1.82, 2.24) is 0 Å². The maximum atomic E-state index is 14.1. The topological polar surface area (TPSA) is 68.9 Å². The van der Waals surface area contributed by atoms with Gasteiger partial charge in [-0.2, -0.15) is 8.78 Å². The fourth-order valence-electron chi connectivity index (χ4n) is 2.39. The molecular weight excluding hydrogens is 328 g/mol. The van der Waals surface area contributed by atoms with Gasteiger partial charge in [0.15, 0.2) is 17.5 Å². The summed E-state index contributed by atoms with van der Waals surface area (Å²) in [6.07, 6.45) is 0.801. The molecule has 3 N–H and O–H groups in total. The van der Waals surface area contributed by atoms with E-state index >= 15 is 0 Å². The number of hydrogen-bond donors (Lipinski definition) is 2. The molecular formula is C18H19F2N3O2. The predicted molar refractivity (Wildman–Crippen MR) is 92.5 cm³/mol. The van der Waals surface area contributed by atoms with Gasteiger partial charge in [0.2, 0.25) is 0 Å². The van der Waals surface area contributed by atoms with Crippen molar-refractivity contribution in [2.75, 3.05) is 25.1 Å². The van der Waals surface area contributed by atoms with Crippen LogP contribution in [0.25, 0.3) is 0 Å². The zero-order chi connectivity index (χ0) is 17.7. The van der Waals surface area contributed by atoms with Crippen LogP contribution in [0.3, 0.4) is 0 Å². The summed E-state index contributed by atoms with van der Waals surface area (Å²) in [7, 11) is 0. The number of benzene rings is 2. The van der Waals surface area contributed by atoms with Crippen molar-refractivity contribution in [2.45, 2.75) is 12.3 Å². The highest BCUT2D eigenvalue weighted by atomic mass is 19.3. The Bertz CT molecular complexity index is 751. The molecule has 0 bridgehead atoms. The van der Waals surface area contributed by atoms with Gasteiger partial charge in [0.25, 0.3) is 5.92 Å². The molecule has 0 atom stereocenters. The van der Waals surface area contributed by atoms with Crippen LogP contribution >= 0.6 is 0 Å². The first kappa shape index (κ1) is 17.0. The van der Waals surface area contributed by atoms with Crippen molar-refractivity contribution < 1.29 is 18.3 Å². The summed E-state index contributed by atoms with van der Waals surface area (Å²) < 4.78 is 39.3. The monoisotopic (exact) mass is 347 g/mol. The van der Waals surface area contributed by atoms with Gasteiger partial charge in [0.1, 0.15) is 6.54 Å². The zero-order valence-corrected chi connectivity index (χ0v) is 13.5. The molecule has 1 aliphatic heterocycles. The van der Waals surface area contributed by atoms with Crippen LogP contribution in [-0.4, -0.2) is 25.7 Å². The van der Waals surface area contributed by atoms with Gasteiger partial charge in [-0.05, 0) is 12.1 Å². The van der Waals surface area contributed by atoms with Crippen molar-refractivity contribution in [1.29, 1.82) is 0 Å². The Kier molecular flexibility index (Phi) is 5.02. The van der Waals surface area contributed by atoms with Crippen molar-refractivity contribution in [3.8, 4) is 11.5 Å². The van der Waals surface area contributed by atoms with E-state index in [0.29, 0.717) is 30.4 Å². The van der Waals surface area contributed by atoms with E-state index in [9.17, 15) is 8.78 Å². The highest BCUT2D eigenvalue weighted by Crippen LogP contribution is 2.32. The van der Waals surface area contributed by atoms with Crippen LogP contribution in [0.2, 0.25) is 0 Å². The number of ether oxygens (including phenoxy) is 2. The molecule has 0 spiro atoms. The largest absolute Gasteiger partial charge is 0.490 e. The molecule has 1 heterocycles. The summed E-state index contributed by atoms with van der Waals surface area (Å²) in [4.78, 5) is 3.76. The van der Waals surface area contributed by atoms with E-state index in [-0.39, 0.29) is 11.5 Å². The summed E-state index contributed by atoms with van der Waals surface area (Å²) in [5, 5.41) is 2.80. The average molecular weight is 347 g/mol. The number of aliphatic imine (C=N–C) groups is 1. The van der Waals surface area contributed by atoms with E-state index in [0.717, 1.165) is 6.42 Å². The number of anilines is 1.